The Balaban J connectivity index is 1.98. The summed E-state index contributed by atoms with van der Waals surface area (Å²) in [6, 6.07) is 8.15. The Morgan fingerprint density at radius 3 is 2.93 bits per heavy atom. The highest BCUT2D eigenvalue weighted by atomic mass is 32.1. The van der Waals surface area contributed by atoms with Crippen LogP contribution in [0.2, 0.25) is 0 Å². The maximum absolute atomic E-state index is 12.8. The van der Waals surface area contributed by atoms with Crippen molar-refractivity contribution in [1.29, 1.82) is 0 Å². The number of rotatable bonds is 3. The van der Waals surface area contributed by atoms with E-state index < -0.39 is 0 Å². The van der Waals surface area contributed by atoms with E-state index in [-0.39, 0.29) is 5.82 Å². The lowest BCUT2D eigenvalue weighted by molar-refractivity contribution is 0.305. The van der Waals surface area contributed by atoms with Crippen molar-refractivity contribution in [2.24, 2.45) is 0 Å². The first-order valence-corrected chi connectivity index (χ1v) is 5.18. The van der Waals surface area contributed by atoms with Crippen molar-refractivity contribution in [2.75, 3.05) is 0 Å². The van der Waals surface area contributed by atoms with E-state index in [0.29, 0.717) is 12.4 Å². The Morgan fingerprint density at radius 2 is 2.21 bits per heavy atom. The lowest BCUT2D eigenvalue weighted by atomic mass is 10.3. The Kier molecular flexibility index (Phi) is 2.79. The molecule has 1 aromatic carbocycles. The fraction of sp³-hybridized carbons (Fsp3) is 0.0909. The molecule has 0 aliphatic rings. The maximum atomic E-state index is 12.8. The van der Waals surface area contributed by atoms with E-state index in [2.05, 4.69) is 0 Å². The molecule has 1 heterocycles. The minimum Gasteiger partial charge on any atom is -0.489 e. The Morgan fingerprint density at radius 1 is 1.29 bits per heavy atom. The molecule has 0 atom stereocenters. The Hall–Kier alpha value is -1.35. The largest absolute Gasteiger partial charge is 0.489 e. The quantitative estimate of drug-likeness (QED) is 0.750. The molecule has 0 radical (unpaired) electrons. The molecule has 2 rings (SSSR count). The Labute approximate surface area is 85.8 Å². The van der Waals surface area contributed by atoms with Crippen molar-refractivity contribution in [3.63, 3.8) is 0 Å². The number of benzene rings is 1. The molecule has 0 saturated heterocycles. The maximum Gasteiger partial charge on any atom is 0.126 e. The van der Waals surface area contributed by atoms with Crippen LogP contribution < -0.4 is 4.74 Å². The van der Waals surface area contributed by atoms with Crippen LogP contribution in [-0.4, -0.2) is 0 Å². The van der Waals surface area contributed by atoms with Crippen LogP contribution in [0.15, 0.2) is 41.1 Å². The second kappa shape index (κ2) is 4.24. The minimum atomic E-state index is -0.271. The van der Waals surface area contributed by atoms with Crippen LogP contribution in [0, 0.1) is 5.82 Å². The molecular formula is C11H9FOS. The van der Waals surface area contributed by atoms with Crippen LogP contribution >= 0.6 is 11.3 Å². The van der Waals surface area contributed by atoms with Crippen LogP contribution in [0.4, 0.5) is 4.39 Å². The fourth-order valence-electron chi connectivity index (χ4n) is 1.10. The third kappa shape index (κ3) is 2.33. The molecule has 0 aliphatic carbocycles. The highest BCUT2D eigenvalue weighted by molar-refractivity contribution is 7.07. The fourth-order valence-corrected chi connectivity index (χ4v) is 1.75. The number of hydrogen-bond donors (Lipinski definition) is 0. The lowest BCUT2D eigenvalue weighted by Gasteiger charge is -2.03. The summed E-state index contributed by atoms with van der Waals surface area (Å²) in [6.45, 7) is 0.493. The average molecular weight is 208 g/mol. The predicted octanol–water partition coefficient (Wildman–Crippen LogP) is 3.47. The van der Waals surface area contributed by atoms with E-state index in [1.165, 1.54) is 12.1 Å². The van der Waals surface area contributed by atoms with Gasteiger partial charge in [0.1, 0.15) is 18.2 Å². The van der Waals surface area contributed by atoms with Crippen LogP contribution in [-0.2, 0) is 6.61 Å². The van der Waals surface area contributed by atoms with Crippen LogP contribution in [0.5, 0.6) is 5.75 Å². The molecule has 0 N–H and O–H groups in total. The molecule has 0 unspecified atom stereocenters. The molecule has 72 valence electrons. The second-order valence-corrected chi connectivity index (χ2v) is 3.66. The first kappa shape index (κ1) is 9.21. The molecule has 0 fully saturated rings. The molecule has 1 aromatic heterocycles. The van der Waals surface area contributed by atoms with Crippen LogP contribution in [0.1, 0.15) is 5.56 Å². The number of hydrogen-bond acceptors (Lipinski definition) is 2. The molecule has 0 saturated carbocycles. The zero-order chi connectivity index (χ0) is 9.80. The zero-order valence-corrected chi connectivity index (χ0v) is 8.26. The molecular weight excluding hydrogens is 199 g/mol. The van der Waals surface area contributed by atoms with Crippen molar-refractivity contribution < 1.29 is 9.13 Å². The van der Waals surface area contributed by atoms with Gasteiger partial charge in [0.15, 0.2) is 0 Å². The topological polar surface area (TPSA) is 9.23 Å². The third-order valence-corrected chi connectivity index (χ3v) is 2.51. The molecule has 3 heteroatoms. The van der Waals surface area contributed by atoms with Gasteiger partial charge in [-0.25, -0.2) is 4.39 Å². The van der Waals surface area contributed by atoms with Gasteiger partial charge in [0, 0.05) is 6.07 Å². The van der Waals surface area contributed by atoms with Crippen molar-refractivity contribution in [3.8, 4) is 5.75 Å². The summed E-state index contributed by atoms with van der Waals surface area (Å²) in [5, 5.41) is 4.00. The zero-order valence-electron chi connectivity index (χ0n) is 7.44. The molecule has 0 bridgehead atoms. The van der Waals surface area contributed by atoms with E-state index in [0.717, 1.165) is 5.56 Å². The van der Waals surface area contributed by atoms with Gasteiger partial charge >= 0.3 is 0 Å². The standard InChI is InChI=1S/C11H9FOS/c12-10-2-1-3-11(6-10)13-7-9-4-5-14-8-9/h1-6,8H,7H2. The Bertz CT molecular complexity index is 397. The summed E-state index contributed by atoms with van der Waals surface area (Å²) in [4.78, 5) is 0. The van der Waals surface area contributed by atoms with Gasteiger partial charge in [0.2, 0.25) is 0 Å². The number of thiophene rings is 1. The summed E-state index contributed by atoms with van der Waals surface area (Å²) in [5.41, 5.74) is 1.11. The summed E-state index contributed by atoms with van der Waals surface area (Å²) in [5.74, 6) is 0.295. The number of ether oxygens (including phenoxy) is 1. The predicted molar refractivity (Wildman–Crippen MR) is 55.1 cm³/mol. The molecule has 0 spiro atoms. The second-order valence-electron chi connectivity index (χ2n) is 2.88. The molecule has 2 aromatic rings. The molecule has 1 nitrogen and oxygen atoms in total. The van der Waals surface area contributed by atoms with Crippen molar-refractivity contribution in [1.82, 2.24) is 0 Å². The summed E-state index contributed by atoms with van der Waals surface area (Å²) < 4.78 is 18.2. The first-order chi connectivity index (χ1) is 6.84. The molecule has 0 aliphatic heterocycles. The summed E-state index contributed by atoms with van der Waals surface area (Å²) in [6.07, 6.45) is 0. The van der Waals surface area contributed by atoms with Gasteiger partial charge in [0.25, 0.3) is 0 Å². The van der Waals surface area contributed by atoms with Gasteiger partial charge in [0.05, 0.1) is 0 Å². The molecule has 14 heavy (non-hydrogen) atoms. The van der Waals surface area contributed by atoms with Gasteiger partial charge in [-0.2, -0.15) is 11.3 Å². The minimum absolute atomic E-state index is 0.271. The van der Waals surface area contributed by atoms with Gasteiger partial charge < -0.3 is 4.74 Å². The first-order valence-electron chi connectivity index (χ1n) is 4.24. The smallest absolute Gasteiger partial charge is 0.126 e. The van der Waals surface area contributed by atoms with E-state index in [4.69, 9.17) is 4.74 Å². The number of halogens is 1. The van der Waals surface area contributed by atoms with Gasteiger partial charge in [-0.3, -0.25) is 0 Å². The van der Waals surface area contributed by atoms with Gasteiger partial charge in [-0.1, -0.05) is 6.07 Å². The van der Waals surface area contributed by atoms with Crippen molar-refractivity contribution >= 4 is 11.3 Å². The van der Waals surface area contributed by atoms with E-state index in [1.54, 1.807) is 23.5 Å². The monoisotopic (exact) mass is 208 g/mol. The van der Waals surface area contributed by atoms with E-state index >= 15 is 0 Å². The highest BCUT2D eigenvalue weighted by Gasteiger charge is 1.97. The SMILES string of the molecule is Fc1cccc(OCc2ccsc2)c1. The van der Waals surface area contributed by atoms with E-state index in [1.807, 2.05) is 16.8 Å². The lowest BCUT2D eigenvalue weighted by Crippen LogP contribution is -1.93. The van der Waals surface area contributed by atoms with Crippen LogP contribution in [0.25, 0.3) is 0 Å². The van der Waals surface area contributed by atoms with Gasteiger partial charge in [-0.15, -0.1) is 0 Å². The van der Waals surface area contributed by atoms with E-state index in [9.17, 15) is 4.39 Å². The summed E-state index contributed by atoms with van der Waals surface area (Å²) >= 11 is 1.62. The third-order valence-electron chi connectivity index (χ3n) is 1.78. The molecule has 0 amide bonds. The normalized spacial score (nSPS) is 10.1. The van der Waals surface area contributed by atoms with Gasteiger partial charge in [-0.05, 0) is 34.5 Å². The van der Waals surface area contributed by atoms with Crippen molar-refractivity contribution in [3.05, 3.63) is 52.5 Å². The van der Waals surface area contributed by atoms with Crippen molar-refractivity contribution in [2.45, 2.75) is 6.61 Å². The van der Waals surface area contributed by atoms with Crippen LogP contribution in [0.3, 0.4) is 0 Å². The average Bonchev–Trinajstić information content (AvgIpc) is 2.67. The highest BCUT2D eigenvalue weighted by Crippen LogP contribution is 2.15. The summed E-state index contributed by atoms with van der Waals surface area (Å²) in [7, 11) is 0.